The van der Waals surface area contributed by atoms with Gasteiger partial charge in [-0.2, -0.15) is 0 Å². The van der Waals surface area contributed by atoms with Crippen molar-refractivity contribution in [1.29, 1.82) is 0 Å². The van der Waals surface area contributed by atoms with Crippen LogP contribution in [-0.2, 0) is 16.0 Å². The van der Waals surface area contributed by atoms with E-state index in [0.717, 1.165) is 17.3 Å². The minimum Gasteiger partial charge on any atom is -0.395 e. The van der Waals surface area contributed by atoms with Crippen LogP contribution in [0, 0.1) is 0 Å². The maximum absolute atomic E-state index is 12.7. The topological polar surface area (TPSA) is 77.9 Å². The summed E-state index contributed by atoms with van der Waals surface area (Å²) in [5.74, 6) is -0.574. The van der Waals surface area contributed by atoms with Crippen molar-refractivity contribution in [3.8, 4) is 0 Å². The summed E-state index contributed by atoms with van der Waals surface area (Å²) >= 11 is 0.898. The van der Waals surface area contributed by atoms with E-state index in [1.165, 1.54) is 9.80 Å². The Labute approximate surface area is 145 Å². The molecule has 1 atom stereocenters. The van der Waals surface area contributed by atoms with E-state index in [9.17, 15) is 14.4 Å². The molecule has 1 aromatic carbocycles. The summed E-state index contributed by atoms with van der Waals surface area (Å²) in [5.41, 5.74) is 1.52. The number of anilines is 1. The van der Waals surface area contributed by atoms with Gasteiger partial charge < -0.3 is 10.0 Å². The van der Waals surface area contributed by atoms with Gasteiger partial charge in [0.05, 0.1) is 12.3 Å². The Morgan fingerprint density at radius 3 is 2.62 bits per heavy atom. The van der Waals surface area contributed by atoms with Crippen LogP contribution in [-0.4, -0.2) is 52.0 Å². The second-order valence-electron chi connectivity index (χ2n) is 5.43. The highest BCUT2D eigenvalue weighted by Crippen LogP contribution is 2.35. The van der Waals surface area contributed by atoms with Crippen molar-refractivity contribution in [3.63, 3.8) is 0 Å². The summed E-state index contributed by atoms with van der Waals surface area (Å²) in [4.78, 5) is 39.9. The summed E-state index contributed by atoms with van der Waals surface area (Å²) in [7, 11) is 0. The number of aliphatic hydroxyl groups is 1. The van der Waals surface area contributed by atoms with Crippen molar-refractivity contribution in [2.45, 2.75) is 31.9 Å². The minimum atomic E-state index is -0.706. The van der Waals surface area contributed by atoms with Crippen LogP contribution in [0.3, 0.4) is 0 Å². The molecule has 1 heterocycles. The number of imide groups is 1. The summed E-state index contributed by atoms with van der Waals surface area (Å²) < 4.78 is 0. The van der Waals surface area contributed by atoms with Gasteiger partial charge in [0.2, 0.25) is 11.8 Å². The van der Waals surface area contributed by atoms with Gasteiger partial charge in [0.1, 0.15) is 5.25 Å². The number of hydrogen-bond donors (Lipinski definition) is 1. The number of rotatable bonds is 7. The SMILES string of the molecule is CCc1ccccc1N1C(=O)SC(CC(=O)N(CC)CCO)C1=O. The summed E-state index contributed by atoms with van der Waals surface area (Å²) in [6, 6.07) is 7.30. The molecule has 2 rings (SSSR count). The highest BCUT2D eigenvalue weighted by atomic mass is 32.2. The van der Waals surface area contributed by atoms with Crippen LogP contribution < -0.4 is 4.90 Å². The molecule has 0 aromatic heterocycles. The summed E-state index contributed by atoms with van der Waals surface area (Å²) in [5, 5.41) is 7.94. The van der Waals surface area contributed by atoms with E-state index in [4.69, 9.17) is 5.11 Å². The number of aliphatic hydroxyl groups excluding tert-OH is 1. The fourth-order valence-corrected chi connectivity index (χ4v) is 3.67. The Balaban J connectivity index is 2.15. The number of likely N-dealkylation sites (N-methyl/N-ethyl adjacent to an activating group) is 1. The number of carbonyl (C=O) groups is 3. The van der Waals surface area contributed by atoms with Gasteiger partial charge in [-0.25, -0.2) is 4.90 Å². The van der Waals surface area contributed by atoms with Crippen LogP contribution in [0.15, 0.2) is 24.3 Å². The number of amides is 3. The largest absolute Gasteiger partial charge is 0.395 e. The molecule has 1 aliphatic heterocycles. The molecular formula is C17H22N2O4S. The zero-order valence-corrected chi connectivity index (χ0v) is 14.7. The molecule has 1 aromatic rings. The lowest BCUT2D eigenvalue weighted by Gasteiger charge is -2.21. The van der Waals surface area contributed by atoms with Crippen molar-refractivity contribution in [1.82, 2.24) is 4.90 Å². The van der Waals surface area contributed by atoms with E-state index in [2.05, 4.69) is 0 Å². The average molecular weight is 350 g/mol. The molecule has 3 amide bonds. The van der Waals surface area contributed by atoms with Crippen LogP contribution in [0.25, 0.3) is 0 Å². The Morgan fingerprint density at radius 2 is 2.00 bits per heavy atom. The maximum Gasteiger partial charge on any atom is 0.293 e. The highest BCUT2D eigenvalue weighted by Gasteiger charge is 2.42. The van der Waals surface area contributed by atoms with Gasteiger partial charge in [0.25, 0.3) is 5.24 Å². The molecule has 1 unspecified atom stereocenters. The van der Waals surface area contributed by atoms with Gasteiger partial charge in [-0.05, 0) is 36.7 Å². The standard InChI is InChI=1S/C17H22N2O4S/c1-3-12-7-5-6-8-13(12)19-16(22)14(24-17(19)23)11-15(21)18(4-2)9-10-20/h5-8,14,20H,3-4,9-11H2,1-2H3. The van der Waals surface area contributed by atoms with Crippen LogP contribution in [0.5, 0.6) is 0 Å². The smallest absolute Gasteiger partial charge is 0.293 e. The summed E-state index contributed by atoms with van der Waals surface area (Å²) in [6.45, 7) is 4.34. The molecule has 6 nitrogen and oxygen atoms in total. The Hall–Kier alpha value is -1.86. The van der Waals surface area contributed by atoms with E-state index in [1.807, 2.05) is 26.0 Å². The minimum absolute atomic E-state index is 0.0339. The van der Waals surface area contributed by atoms with Crippen molar-refractivity contribution in [3.05, 3.63) is 29.8 Å². The first-order valence-corrected chi connectivity index (χ1v) is 8.92. The van der Waals surface area contributed by atoms with Gasteiger partial charge in [0.15, 0.2) is 0 Å². The number of hydrogen-bond acceptors (Lipinski definition) is 5. The molecule has 130 valence electrons. The molecule has 0 radical (unpaired) electrons. The van der Waals surface area contributed by atoms with Crippen LogP contribution in [0.1, 0.15) is 25.8 Å². The van der Waals surface area contributed by atoms with Crippen molar-refractivity contribution < 1.29 is 19.5 Å². The first-order chi connectivity index (χ1) is 11.5. The molecule has 1 saturated heterocycles. The van der Waals surface area contributed by atoms with Crippen molar-refractivity contribution >= 4 is 34.5 Å². The number of thioether (sulfide) groups is 1. The third kappa shape index (κ3) is 3.79. The Bertz CT molecular complexity index is 635. The fourth-order valence-electron chi connectivity index (χ4n) is 2.70. The lowest BCUT2D eigenvalue weighted by molar-refractivity contribution is -0.133. The van der Waals surface area contributed by atoms with Crippen LogP contribution in [0.2, 0.25) is 0 Å². The molecule has 1 aliphatic rings. The average Bonchev–Trinajstić information content (AvgIpc) is 2.86. The van der Waals surface area contributed by atoms with Gasteiger partial charge >= 0.3 is 0 Å². The van der Waals surface area contributed by atoms with Gasteiger partial charge in [-0.15, -0.1) is 0 Å². The number of aryl methyl sites for hydroxylation is 1. The van der Waals surface area contributed by atoms with E-state index in [0.29, 0.717) is 18.7 Å². The first-order valence-electron chi connectivity index (χ1n) is 8.04. The molecular weight excluding hydrogens is 328 g/mol. The van der Waals surface area contributed by atoms with Gasteiger partial charge in [0, 0.05) is 19.5 Å². The van der Waals surface area contributed by atoms with E-state index in [1.54, 1.807) is 12.1 Å². The number of carbonyl (C=O) groups excluding carboxylic acids is 3. The molecule has 0 bridgehead atoms. The Morgan fingerprint density at radius 1 is 1.29 bits per heavy atom. The fraction of sp³-hybridized carbons (Fsp3) is 0.471. The third-order valence-corrected chi connectivity index (χ3v) is 5.04. The second kappa shape index (κ2) is 8.30. The molecule has 1 fully saturated rings. The molecule has 0 saturated carbocycles. The second-order valence-corrected chi connectivity index (χ2v) is 6.58. The Kier molecular flexibility index (Phi) is 6.39. The van der Waals surface area contributed by atoms with Gasteiger partial charge in [-0.3, -0.25) is 14.4 Å². The lowest BCUT2D eigenvalue weighted by atomic mass is 10.1. The summed E-state index contributed by atoms with van der Waals surface area (Å²) in [6.07, 6.45) is 0.676. The molecule has 1 N–H and O–H groups in total. The monoisotopic (exact) mass is 350 g/mol. The van der Waals surface area contributed by atoms with E-state index >= 15 is 0 Å². The predicted octanol–water partition coefficient (Wildman–Crippen LogP) is 2.05. The van der Waals surface area contributed by atoms with Crippen molar-refractivity contribution in [2.75, 3.05) is 24.6 Å². The zero-order valence-electron chi connectivity index (χ0n) is 13.9. The highest BCUT2D eigenvalue weighted by molar-refractivity contribution is 8.15. The number of para-hydroxylation sites is 1. The maximum atomic E-state index is 12.7. The van der Waals surface area contributed by atoms with Crippen LogP contribution >= 0.6 is 11.8 Å². The normalized spacial score (nSPS) is 17.5. The third-order valence-electron chi connectivity index (χ3n) is 4.00. The number of nitrogens with zero attached hydrogens (tertiary/aromatic N) is 2. The molecule has 7 heteroatoms. The molecule has 0 spiro atoms. The number of benzene rings is 1. The van der Waals surface area contributed by atoms with E-state index < -0.39 is 5.25 Å². The predicted molar refractivity (Wildman–Crippen MR) is 94.0 cm³/mol. The lowest BCUT2D eigenvalue weighted by Crippen LogP contribution is -2.38. The first kappa shape index (κ1) is 18.5. The van der Waals surface area contributed by atoms with Gasteiger partial charge in [-0.1, -0.05) is 25.1 Å². The molecule has 0 aliphatic carbocycles. The zero-order chi connectivity index (χ0) is 17.7. The molecule has 24 heavy (non-hydrogen) atoms. The van der Waals surface area contributed by atoms with E-state index in [-0.39, 0.29) is 36.6 Å². The van der Waals surface area contributed by atoms with Crippen molar-refractivity contribution in [2.24, 2.45) is 0 Å². The van der Waals surface area contributed by atoms with Crippen LogP contribution in [0.4, 0.5) is 10.5 Å². The quantitative estimate of drug-likeness (QED) is 0.814.